The van der Waals surface area contributed by atoms with Crippen molar-refractivity contribution in [2.24, 2.45) is 24.8 Å². The van der Waals surface area contributed by atoms with Gasteiger partial charge in [0.2, 0.25) is 29.6 Å². The van der Waals surface area contributed by atoms with E-state index in [0.717, 1.165) is 148 Å². The normalized spacial score (nSPS) is 25.3. The predicted octanol–water partition coefficient (Wildman–Crippen LogP) is 4.22. The highest BCUT2D eigenvalue weighted by Gasteiger charge is 2.37. The molecule has 4 N–H and O–H groups in total. The Hall–Kier alpha value is -5.89. The van der Waals surface area contributed by atoms with Crippen molar-refractivity contribution in [1.82, 2.24) is 44.7 Å². The third-order valence-electron chi connectivity index (χ3n) is 15.6. The molecule has 6 fully saturated rings. The van der Waals surface area contributed by atoms with Gasteiger partial charge < -0.3 is 35.4 Å². The number of amides is 4. The van der Waals surface area contributed by atoms with Gasteiger partial charge in [0.25, 0.3) is 0 Å². The third-order valence-corrected chi connectivity index (χ3v) is 15.6. The van der Waals surface area contributed by atoms with Crippen LogP contribution in [0.2, 0.25) is 0 Å². The summed E-state index contributed by atoms with van der Waals surface area (Å²) in [6.45, 7) is 11.2. The van der Waals surface area contributed by atoms with Crippen LogP contribution >= 0.6 is 0 Å². The van der Waals surface area contributed by atoms with Gasteiger partial charge in [-0.1, -0.05) is 0 Å². The maximum Gasteiger partial charge on any atom is 0.343 e. The number of aryl methyl sites for hydroxylation is 1. The number of hydrogen-bond donors (Lipinski definition) is 4. The molecule has 0 spiro atoms. The lowest BCUT2D eigenvalue weighted by atomic mass is 9.80. The standard InChI is InChI=1S/C50H70FN13O6/c1-3-70-49(69)40-30-52-50(55-37-29-53-59(2)32-37)58-45(40)54-36-8-10-38(11-9-36)61-24-26-64(27-25-61)48(68)35-6-4-34(5-7-35)47(67)63-18-16-33(17-19-63)31-60-20-22-62(23-21-60)39-12-13-42(41(51)28-39)56-43-14-15-44(65)57-46(43)66/h12-13,28-30,32-36,38,43,56H,3-11,14-27,31H2,1-2H3,(H,57,65,66)(H2,52,54,55,58). The van der Waals surface area contributed by atoms with Crippen LogP contribution in [0.25, 0.3) is 0 Å². The zero-order valence-corrected chi connectivity index (χ0v) is 40.8. The van der Waals surface area contributed by atoms with Crippen LogP contribution in [0.1, 0.15) is 94.3 Å². The molecule has 2 saturated carbocycles. The van der Waals surface area contributed by atoms with Gasteiger partial charge in [0, 0.05) is 127 Å². The average Bonchev–Trinajstić information content (AvgIpc) is 3.79. The van der Waals surface area contributed by atoms with Crippen LogP contribution < -0.4 is 26.2 Å². The topological polar surface area (TPSA) is 202 Å². The van der Waals surface area contributed by atoms with E-state index in [1.54, 1.807) is 23.9 Å². The monoisotopic (exact) mass is 968 g/mol. The van der Waals surface area contributed by atoms with E-state index in [4.69, 9.17) is 4.74 Å². The number of likely N-dealkylation sites (tertiary alicyclic amines) is 1. The number of hydrogen-bond acceptors (Lipinski definition) is 15. The number of piperidine rings is 2. The number of piperazine rings is 2. The number of aromatic nitrogens is 4. The molecule has 378 valence electrons. The molecule has 20 heteroatoms. The van der Waals surface area contributed by atoms with Crippen molar-refractivity contribution in [2.45, 2.75) is 102 Å². The molecule has 2 aliphatic carbocycles. The number of rotatable bonds is 14. The lowest BCUT2D eigenvalue weighted by molar-refractivity contribution is -0.143. The Morgan fingerprint density at radius 3 is 2.11 bits per heavy atom. The summed E-state index contributed by atoms with van der Waals surface area (Å²) in [5.41, 5.74) is 2.13. The quantitative estimate of drug-likeness (QED) is 0.132. The highest BCUT2D eigenvalue weighted by atomic mass is 19.1. The molecule has 6 heterocycles. The number of halogens is 1. The zero-order chi connectivity index (χ0) is 48.7. The molecule has 2 aromatic heterocycles. The second kappa shape index (κ2) is 22.5. The Labute approximate surface area is 409 Å². The van der Waals surface area contributed by atoms with Gasteiger partial charge in [-0.15, -0.1) is 0 Å². The van der Waals surface area contributed by atoms with Crippen LogP contribution in [0, 0.1) is 23.6 Å². The van der Waals surface area contributed by atoms with Gasteiger partial charge in [-0.3, -0.25) is 39.0 Å². The highest BCUT2D eigenvalue weighted by molar-refractivity contribution is 6.01. The Bertz CT molecular complexity index is 2330. The lowest BCUT2D eigenvalue weighted by Gasteiger charge is -2.43. The maximum atomic E-state index is 15.1. The number of esters is 1. The summed E-state index contributed by atoms with van der Waals surface area (Å²) in [4.78, 5) is 84.3. The van der Waals surface area contributed by atoms with Crippen LogP contribution in [-0.2, 0) is 31.0 Å². The van der Waals surface area contributed by atoms with Gasteiger partial charge in [-0.25, -0.2) is 14.2 Å². The largest absolute Gasteiger partial charge is 0.462 e. The number of carbonyl (C=O) groups is 5. The van der Waals surface area contributed by atoms with Gasteiger partial charge >= 0.3 is 5.97 Å². The highest BCUT2D eigenvalue weighted by Crippen LogP contribution is 2.34. The Balaban J connectivity index is 0.651. The van der Waals surface area contributed by atoms with E-state index < -0.39 is 23.7 Å². The van der Waals surface area contributed by atoms with Crippen molar-refractivity contribution < 1.29 is 33.1 Å². The number of anilines is 5. The number of nitrogens with zero attached hydrogens (tertiary/aromatic N) is 9. The summed E-state index contributed by atoms with van der Waals surface area (Å²) >= 11 is 0. The summed E-state index contributed by atoms with van der Waals surface area (Å²) in [5, 5.41) is 16.1. The molecule has 9 rings (SSSR count). The Kier molecular flexibility index (Phi) is 15.8. The van der Waals surface area contributed by atoms with Gasteiger partial charge in [0.15, 0.2) is 0 Å². The van der Waals surface area contributed by atoms with Gasteiger partial charge in [0.1, 0.15) is 23.2 Å². The first-order valence-electron chi connectivity index (χ1n) is 25.7. The van der Waals surface area contributed by atoms with E-state index in [-0.39, 0.29) is 54.3 Å². The third kappa shape index (κ3) is 12.0. The average molecular weight is 968 g/mol. The number of carbonyl (C=O) groups excluding carboxylic acids is 5. The maximum absolute atomic E-state index is 15.1. The van der Waals surface area contributed by atoms with E-state index in [2.05, 4.69) is 60.8 Å². The van der Waals surface area contributed by atoms with E-state index in [1.807, 2.05) is 19.3 Å². The van der Waals surface area contributed by atoms with Crippen LogP contribution in [0.3, 0.4) is 0 Å². The molecular formula is C50H70FN13O6. The van der Waals surface area contributed by atoms with Crippen LogP contribution in [0.5, 0.6) is 0 Å². The lowest BCUT2D eigenvalue weighted by Crippen LogP contribution is -2.54. The molecule has 6 aliphatic rings. The van der Waals surface area contributed by atoms with Crippen molar-refractivity contribution in [3.05, 3.63) is 48.2 Å². The van der Waals surface area contributed by atoms with E-state index in [9.17, 15) is 24.0 Å². The molecule has 70 heavy (non-hydrogen) atoms. The molecule has 0 radical (unpaired) electrons. The summed E-state index contributed by atoms with van der Waals surface area (Å²) < 4.78 is 22.1. The molecular weight excluding hydrogens is 898 g/mol. The van der Waals surface area contributed by atoms with Gasteiger partial charge in [-0.05, 0) is 102 Å². The van der Waals surface area contributed by atoms with Crippen molar-refractivity contribution in [3.8, 4) is 0 Å². The van der Waals surface area contributed by atoms with E-state index >= 15 is 4.39 Å². The number of nitrogens with one attached hydrogen (secondary N) is 4. The molecule has 1 unspecified atom stereocenters. The first kappa shape index (κ1) is 49.1. The van der Waals surface area contributed by atoms with Gasteiger partial charge in [-0.2, -0.15) is 10.1 Å². The van der Waals surface area contributed by atoms with Crippen LogP contribution in [0.15, 0.2) is 36.8 Å². The molecule has 0 bridgehead atoms. The molecule has 19 nitrogen and oxygen atoms in total. The molecule has 3 aromatic rings. The predicted molar refractivity (Wildman–Crippen MR) is 262 cm³/mol. The fourth-order valence-corrected chi connectivity index (χ4v) is 11.4. The first-order chi connectivity index (χ1) is 34.0. The molecule has 1 atom stereocenters. The van der Waals surface area contributed by atoms with E-state index in [1.165, 1.54) is 12.3 Å². The number of benzene rings is 1. The number of imide groups is 1. The first-order valence-corrected chi connectivity index (χ1v) is 25.7. The zero-order valence-electron chi connectivity index (χ0n) is 40.8. The summed E-state index contributed by atoms with van der Waals surface area (Å²) in [7, 11) is 1.83. The van der Waals surface area contributed by atoms with Crippen molar-refractivity contribution >= 4 is 58.4 Å². The van der Waals surface area contributed by atoms with Crippen molar-refractivity contribution in [1.29, 1.82) is 0 Å². The SMILES string of the molecule is CCOC(=O)c1cnc(Nc2cnn(C)c2)nc1NC1CCC(N2CCN(C(=O)C3CCC(C(=O)N4CCC(CN5CCN(c6ccc(NC7CCC(=O)NC7=O)c(F)c6)CC5)CC4)CC3)CC2)CC1. The van der Waals surface area contributed by atoms with E-state index in [0.29, 0.717) is 35.7 Å². The van der Waals surface area contributed by atoms with Crippen molar-refractivity contribution in [2.75, 3.05) is 99.4 Å². The molecule has 4 aliphatic heterocycles. The van der Waals surface area contributed by atoms with Gasteiger partial charge in [0.05, 0.1) is 24.2 Å². The fraction of sp³-hybridized carbons (Fsp3) is 0.640. The van der Waals surface area contributed by atoms with Crippen LogP contribution in [0.4, 0.5) is 33.2 Å². The number of ether oxygens (including phenoxy) is 1. The minimum Gasteiger partial charge on any atom is -0.462 e. The Morgan fingerprint density at radius 1 is 0.800 bits per heavy atom. The smallest absolute Gasteiger partial charge is 0.343 e. The Morgan fingerprint density at radius 2 is 1.49 bits per heavy atom. The second-order valence-electron chi connectivity index (χ2n) is 20.1. The fourth-order valence-electron chi connectivity index (χ4n) is 11.4. The minimum atomic E-state index is -0.633. The van der Waals surface area contributed by atoms with Crippen LogP contribution in [-0.4, -0.2) is 166 Å². The summed E-state index contributed by atoms with van der Waals surface area (Å²) in [5.74, 6) is 0.265. The minimum absolute atomic E-state index is 0.00101. The second-order valence-corrected chi connectivity index (χ2v) is 20.1. The summed E-state index contributed by atoms with van der Waals surface area (Å²) in [6.07, 6.45) is 14.6. The molecule has 4 amide bonds. The van der Waals surface area contributed by atoms with Crippen molar-refractivity contribution in [3.63, 3.8) is 0 Å². The molecule has 4 saturated heterocycles. The molecule has 1 aromatic carbocycles. The summed E-state index contributed by atoms with van der Waals surface area (Å²) in [6, 6.07) is 5.03.